The molecule has 3 heteroatoms. The standard InChI is InChI=1S/C12H16ClNO/c1-10(14-9-3-8-13)11-4-6-12(15-2)7-5-11/h3-8,10,14H,9H2,1-2H3/b8-3+/t10-/m0/s1. The summed E-state index contributed by atoms with van der Waals surface area (Å²) in [7, 11) is 1.67. The van der Waals surface area contributed by atoms with Gasteiger partial charge in [0, 0.05) is 18.1 Å². The van der Waals surface area contributed by atoms with Crippen molar-refractivity contribution in [3.05, 3.63) is 41.4 Å². The van der Waals surface area contributed by atoms with E-state index < -0.39 is 0 Å². The van der Waals surface area contributed by atoms with Gasteiger partial charge in [-0.1, -0.05) is 29.8 Å². The van der Waals surface area contributed by atoms with E-state index in [1.165, 1.54) is 11.1 Å². The molecule has 0 heterocycles. The van der Waals surface area contributed by atoms with E-state index >= 15 is 0 Å². The summed E-state index contributed by atoms with van der Waals surface area (Å²) in [6.45, 7) is 2.89. The molecule has 0 aliphatic carbocycles. The lowest BCUT2D eigenvalue weighted by Crippen LogP contribution is -2.18. The van der Waals surface area contributed by atoms with Gasteiger partial charge in [0.05, 0.1) is 7.11 Å². The normalized spacial score (nSPS) is 13.0. The van der Waals surface area contributed by atoms with Crippen molar-refractivity contribution >= 4 is 11.6 Å². The number of hydrogen-bond acceptors (Lipinski definition) is 2. The number of nitrogens with one attached hydrogen (secondary N) is 1. The van der Waals surface area contributed by atoms with Gasteiger partial charge in [0.15, 0.2) is 0 Å². The molecule has 0 bridgehead atoms. The minimum absolute atomic E-state index is 0.309. The molecule has 0 aliphatic rings. The topological polar surface area (TPSA) is 21.3 Å². The average molecular weight is 226 g/mol. The quantitative estimate of drug-likeness (QED) is 0.832. The summed E-state index contributed by atoms with van der Waals surface area (Å²) < 4.78 is 5.10. The van der Waals surface area contributed by atoms with Crippen LogP contribution in [0.25, 0.3) is 0 Å². The number of methoxy groups -OCH3 is 1. The zero-order valence-electron chi connectivity index (χ0n) is 9.03. The predicted octanol–water partition coefficient (Wildman–Crippen LogP) is 3.10. The second kappa shape index (κ2) is 6.49. The molecule has 82 valence electrons. The second-order valence-electron chi connectivity index (χ2n) is 3.26. The SMILES string of the molecule is COc1ccc([C@H](C)NC/C=C/Cl)cc1. The van der Waals surface area contributed by atoms with E-state index in [-0.39, 0.29) is 0 Å². The van der Waals surface area contributed by atoms with E-state index in [4.69, 9.17) is 16.3 Å². The van der Waals surface area contributed by atoms with Crippen molar-refractivity contribution in [2.75, 3.05) is 13.7 Å². The summed E-state index contributed by atoms with van der Waals surface area (Å²) in [6, 6.07) is 8.35. The fourth-order valence-corrected chi connectivity index (χ4v) is 1.39. The molecule has 0 aliphatic heterocycles. The first-order valence-corrected chi connectivity index (χ1v) is 5.34. The van der Waals surface area contributed by atoms with Crippen LogP contribution in [0, 0.1) is 0 Å². The van der Waals surface area contributed by atoms with Crippen LogP contribution in [-0.2, 0) is 0 Å². The van der Waals surface area contributed by atoms with Crippen LogP contribution in [0.3, 0.4) is 0 Å². The van der Waals surface area contributed by atoms with Crippen molar-refractivity contribution in [1.82, 2.24) is 5.32 Å². The molecular formula is C12H16ClNO. The maximum Gasteiger partial charge on any atom is 0.118 e. The van der Waals surface area contributed by atoms with E-state index in [9.17, 15) is 0 Å². The van der Waals surface area contributed by atoms with Gasteiger partial charge in [0.1, 0.15) is 5.75 Å². The minimum atomic E-state index is 0.309. The van der Waals surface area contributed by atoms with Crippen LogP contribution in [-0.4, -0.2) is 13.7 Å². The maximum atomic E-state index is 5.43. The zero-order chi connectivity index (χ0) is 11.1. The van der Waals surface area contributed by atoms with Crippen LogP contribution < -0.4 is 10.1 Å². The number of ether oxygens (including phenoxy) is 1. The highest BCUT2D eigenvalue weighted by Gasteiger charge is 2.02. The Morgan fingerprint density at radius 3 is 2.60 bits per heavy atom. The molecule has 0 saturated heterocycles. The van der Waals surface area contributed by atoms with E-state index in [0.29, 0.717) is 6.04 Å². The molecule has 1 N–H and O–H groups in total. The van der Waals surface area contributed by atoms with E-state index in [2.05, 4.69) is 24.4 Å². The third-order valence-electron chi connectivity index (χ3n) is 2.25. The van der Waals surface area contributed by atoms with Crippen LogP contribution in [0.15, 0.2) is 35.9 Å². The van der Waals surface area contributed by atoms with Crippen LogP contribution in [0.2, 0.25) is 0 Å². The van der Waals surface area contributed by atoms with Crippen molar-refractivity contribution < 1.29 is 4.74 Å². The monoisotopic (exact) mass is 225 g/mol. The van der Waals surface area contributed by atoms with Crippen molar-refractivity contribution in [2.45, 2.75) is 13.0 Å². The predicted molar refractivity (Wildman–Crippen MR) is 64.4 cm³/mol. The van der Waals surface area contributed by atoms with E-state index in [0.717, 1.165) is 12.3 Å². The lowest BCUT2D eigenvalue weighted by molar-refractivity contribution is 0.414. The summed E-state index contributed by atoms with van der Waals surface area (Å²) in [5.41, 5.74) is 2.76. The Balaban J connectivity index is 2.53. The first-order valence-electron chi connectivity index (χ1n) is 4.90. The molecule has 0 fully saturated rings. The van der Waals surface area contributed by atoms with Gasteiger partial charge in [0.25, 0.3) is 0 Å². The van der Waals surface area contributed by atoms with Gasteiger partial charge >= 0.3 is 0 Å². The van der Waals surface area contributed by atoms with Gasteiger partial charge < -0.3 is 10.1 Å². The summed E-state index contributed by atoms with van der Waals surface area (Å²) in [5.74, 6) is 0.881. The molecular weight excluding hydrogens is 210 g/mol. The molecule has 15 heavy (non-hydrogen) atoms. The summed E-state index contributed by atoms with van der Waals surface area (Å²) in [5, 5.41) is 3.33. The van der Waals surface area contributed by atoms with Gasteiger partial charge in [-0.2, -0.15) is 0 Å². The molecule has 0 radical (unpaired) electrons. The molecule has 1 aromatic carbocycles. The third kappa shape index (κ3) is 3.94. The van der Waals surface area contributed by atoms with Gasteiger partial charge in [0.2, 0.25) is 0 Å². The van der Waals surface area contributed by atoms with Gasteiger partial charge in [-0.05, 0) is 24.6 Å². The molecule has 1 rings (SSSR count). The van der Waals surface area contributed by atoms with E-state index in [1.54, 1.807) is 7.11 Å². The van der Waals surface area contributed by atoms with Crippen molar-refractivity contribution in [2.24, 2.45) is 0 Å². The van der Waals surface area contributed by atoms with Crippen LogP contribution in [0.5, 0.6) is 5.75 Å². The molecule has 2 nitrogen and oxygen atoms in total. The van der Waals surface area contributed by atoms with Gasteiger partial charge in [-0.15, -0.1) is 0 Å². The maximum absolute atomic E-state index is 5.43. The number of benzene rings is 1. The number of halogens is 1. The van der Waals surface area contributed by atoms with Crippen molar-refractivity contribution in [3.63, 3.8) is 0 Å². The molecule has 1 atom stereocenters. The Morgan fingerprint density at radius 1 is 1.40 bits per heavy atom. The average Bonchev–Trinajstić information content (AvgIpc) is 2.29. The number of hydrogen-bond donors (Lipinski definition) is 1. The van der Waals surface area contributed by atoms with Crippen LogP contribution in [0.1, 0.15) is 18.5 Å². The Bertz CT molecular complexity index is 308. The fourth-order valence-electron chi connectivity index (χ4n) is 1.30. The highest BCUT2D eigenvalue weighted by atomic mass is 35.5. The van der Waals surface area contributed by atoms with Crippen LogP contribution in [0.4, 0.5) is 0 Å². The molecule has 0 amide bonds. The lowest BCUT2D eigenvalue weighted by atomic mass is 10.1. The Hall–Kier alpha value is -0.990. The Kier molecular flexibility index (Phi) is 5.22. The Labute approximate surface area is 95.9 Å². The van der Waals surface area contributed by atoms with Gasteiger partial charge in [-0.3, -0.25) is 0 Å². The first kappa shape index (κ1) is 12.1. The molecule has 0 saturated carbocycles. The summed E-state index contributed by atoms with van der Waals surface area (Å²) in [4.78, 5) is 0. The first-order chi connectivity index (χ1) is 7.27. The summed E-state index contributed by atoms with van der Waals surface area (Å²) in [6.07, 6.45) is 1.88. The summed E-state index contributed by atoms with van der Waals surface area (Å²) >= 11 is 5.43. The van der Waals surface area contributed by atoms with Crippen LogP contribution >= 0.6 is 11.6 Å². The smallest absolute Gasteiger partial charge is 0.118 e. The largest absolute Gasteiger partial charge is 0.497 e. The number of rotatable bonds is 5. The third-order valence-corrected chi connectivity index (χ3v) is 2.42. The second-order valence-corrected chi connectivity index (χ2v) is 3.52. The van der Waals surface area contributed by atoms with Gasteiger partial charge in [-0.25, -0.2) is 0 Å². The zero-order valence-corrected chi connectivity index (χ0v) is 9.79. The lowest BCUT2D eigenvalue weighted by Gasteiger charge is -2.13. The van der Waals surface area contributed by atoms with Crippen molar-refractivity contribution in [3.8, 4) is 5.75 Å². The molecule has 0 aromatic heterocycles. The van der Waals surface area contributed by atoms with E-state index in [1.807, 2.05) is 18.2 Å². The highest BCUT2D eigenvalue weighted by Crippen LogP contribution is 2.16. The van der Waals surface area contributed by atoms with Crippen molar-refractivity contribution in [1.29, 1.82) is 0 Å². The fraction of sp³-hybridized carbons (Fsp3) is 0.333. The molecule has 0 unspecified atom stereocenters. The highest BCUT2D eigenvalue weighted by molar-refractivity contribution is 6.25. The molecule has 0 spiro atoms. The minimum Gasteiger partial charge on any atom is -0.497 e. The molecule has 1 aromatic rings. The Morgan fingerprint density at radius 2 is 2.07 bits per heavy atom.